The molecule has 0 aliphatic heterocycles. The third-order valence-electron chi connectivity index (χ3n) is 5.20. The Morgan fingerprint density at radius 1 is 0.909 bits per heavy atom. The number of hydrogen-bond donors (Lipinski definition) is 0. The minimum atomic E-state index is -0.502. The normalized spacial score (nSPS) is 11.1. The molecule has 4 rings (SSSR count). The number of hydrogen-bond acceptors (Lipinski definition) is 5. The molecule has 5 nitrogen and oxygen atoms in total. The molecule has 0 unspecified atom stereocenters. The quantitative estimate of drug-likeness (QED) is 0.141. The van der Waals surface area contributed by atoms with Crippen LogP contribution in [0.25, 0.3) is 17.0 Å². The summed E-state index contributed by atoms with van der Waals surface area (Å²) in [5.74, 6) is 0.975. The van der Waals surface area contributed by atoms with Crippen LogP contribution >= 0.6 is 0 Å². The van der Waals surface area contributed by atoms with Gasteiger partial charge in [-0.25, -0.2) is 4.79 Å². The van der Waals surface area contributed by atoms with Crippen molar-refractivity contribution in [1.29, 1.82) is 0 Å². The second-order valence-corrected chi connectivity index (χ2v) is 7.65. The van der Waals surface area contributed by atoms with E-state index < -0.39 is 5.97 Å². The van der Waals surface area contributed by atoms with Gasteiger partial charge >= 0.3 is 5.97 Å². The van der Waals surface area contributed by atoms with Crippen LogP contribution in [0.4, 0.5) is 0 Å². The van der Waals surface area contributed by atoms with Crippen molar-refractivity contribution in [3.05, 3.63) is 101 Å². The highest BCUT2D eigenvalue weighted by molar-refractivity contribution is 6.07. The van der Waals surface area contributed by atoms with Gasteiger partial charge in [0.1, 0.15) is 28.4 Å². The molecule has 0 amide bonds. The zero-order valence-corrected chi connectivity index (χ0v) is 18.8. The molecule has 0 saturated heterocycles. The van der Waals surface area contributed by atoms with Gasteiger partial charge in [-0.05, 0) is 62.7 Å². The van der Waals surface area contributed by atoms with E-state index in [1.54, 1.807) is 55.5 Å². The molecule has 0 saturated carbocycles. The fourth-order valence-corrected chi connectivity index (χ4v) is 3.50. The van der Waals surface area contributed by atoms with Gasteiger partial charge < -0.3 is 13.9 Å². The van der Waals surface area contributed by atoms with E-state index in [2.05, 4.69) is 0 Å². The summed E-state index contributed by atoms with van der Waals surface area (Å²) < 4.78 is 16.8. The molecule has 1 aromatic heterocycles. The van der Waals surface area contributed by atoms with Crippen LogP contribution in [0, 0.1) is 13.8 Å². The fourth-order valence-electron chi connectivity index (χ4n) is 3.50. The monoisotopic (exact) mass is 440 g/mol. The van der Waals surface area contributed by atoms with Gasteiger partial charge in [0.05, 0.1) is 6.61 Å². The minimum absolute atomic E-state index is 0.0702. The molecule has 4 aromatic rings. The lowest BCUT2D eigenvalue weighted by molar-refractivity contribution is 0.0734. The average molecular weight is 440 g/mol. The Kier molecular flexibility index (Phi) is 6.41. The highest BCUT2D eigenvalue weighted by Gasteiger charge is 2.21. The number of rotatable bonds is 7. The van der Waals surface area contributed by atoms with Gasteiger partial charge in [0.2, 0.25) is 0 Å². The minimum Gasteiger partial charge on any atom is -0.494 e. The molecular formula is C28H24O5. The molecule has 0 spiro atoms. The molecule has 0 bridgehead atoms. The lowest BCUT2D eigenvalue weighted by Crippen LogP contribution is -2.09. The number of ether oxygens (including phenoxy) is 2. The molecule has 0 aliphatic rings. The van der Waals surface area contributed by atoms with Crippen molar-refractivity contribution < 1.29 is 23.5 Å². The van der Waals surface area contributed by atoms with Gasteiger partial charge in [-0.2, -0.15) is 0 Å². The van der Waals surface area contributed by atoms with E-state index in [1.807, 2.05) is 38.1 Å². The number of aryl methyl sites for hydroxylation is 2. The Balaban J connectivity index is 1.47. The largest absolute Gasteiger partial charge is 0.494 e. The Morgan fingerprint density at radius 3 is 2.30 bits per heavy atom. The predicted octanol–water partition coefficient (Wildman–Crippen LogP) is 6.56. The number of fused-ring (bicyclic) bond motifs is 1. The number of carbonyl (C=O) groups is 2. The van der Waals surface area contributed by atoms with Crippen LogP contribution < -0.4 is 9.47 Å². The Morgan fingerprint density at radius 2 is 1.61 bits per heavy atom. The Hall–Kier alpha value is -4.12. The smallest absolute Gasteiger partial charge is 0.347 e. The standard InChI is InChI=1S/C28H24O5/c1-4-31-23-14-16-26-24(17-23)27(19(3)32-26)28(30)33-22-12-7-20(8-13-22)9-15-25(29)21-10-5-18(2)6-11-21/h5-17H,4H2,1-3H3. The van der Waals surface area contributed by atoms with Gasteiger partial charge in [-0.3, -0.25) is 4.79 Å². The molecule has 166 valence electrons. The first-order valence-electron chi connectivity index (χ1n) is 10.7. The van der Waals surface area contributed by atoms with Gasteiger partial charge in [-0.1, -0.05) is 48.0 Å². The number of ketones is 1. The summed E-state index contributed by atoms with van der Waals surface area (Å²) in [6, 6.07) is 19.8. The number of esters is 1. The van der Waals surface area contributed by atoms with Crippen molar-refractivity contribution in [3.8, 4) is 11.5 Å². The maximum Gasteiger partial charge on any atom is 0.347 e. The molecule has 0 fully saturated rings. The highest BCUT2D eigenvalue weighted by atomic mass is 16.5. The van der Waals surface area contributed by atoms with Crippen LogP contribution in [-0.2, 0) is 0 Å². The SMILES string of the molecule is CCOc1ccc2oc(C)c(C(=O)Oc3ccc(C=CC(=O)c4ccc(C)cc4)cc3)c2c1. The van der Waals surface area contributed by atoms with Crippen molar-refractivity contribution in [2.45, 2.75) is 20.8 Å². The van der Waals surface area contributed by atoms with Crippen LogP contribution in [0.2, 0.25) is 0 Å². The first kappa shape index (κ1) is 22.1. The van der Waals surface area contributed by atoms with Crippen molar-refractivity contribution in [2.75, 3.05) is 6.61 Å². The first-order valence-corrected chi connectivity index (χ1v) is 10.7. The van der Waals surface area contributed by atoms with E-state index in [0.29, 0.717) is 46.0 Å². The molecule has 33 heavy (non-hydrogen) atoms. The maximum absolute atomic E-state index is 12.9. The van der Waals surface area contributed by atoms with Crippen LogP contribution in [0.1, 0.15) is 44.5 Å². The molecular weight excluding hydrogens is 416 g/mol. The highest BCUT2D eigenvalue weighted by Crippen LogP contribution is 2.30. The summed E-state index contributed by atoms with van der Waals surface area (Å²) in [5.41, 5.74) is 3.54. The molecule has 0 N–H and O–H groups in total. The maximum atomic E-state index is 12.9. The molecule has 0 radical (unpaired) electrons. The zero-order valence-electron chi connectivity index (χ0n) is 18.8. The molecule has 3 aromatic carbocycles. The van der Waals surface area contributed by atoms with Crippen LogP contribution in [0.5, 0.6) is 11.5 Å². The third-order valence-corrected chi connectivity index (χ3v) is 5.20. The van der Waals surface area contributed by atoms with E-state index in [-0.39, 0.29) is 5.78 Å². The first-order chi connectivity index (χ1) is 15.9. The van der Waals surface area contributed by atoms with E-state index in [9.17, 15) is 9.59 Å². The summed E-state index contributed by atoms with van der Waals surface area (Å²) in [6.45, 7) is 6.14. The summed E-state index contributed by atoms with van der Waals surface area (Å²) in [6.07, 6.45) is 3.26. The van der Waals surface area contributed by atoms with Crippen LogP contribution in [-0.4, -0.2) is 18.4 Å². The Bertz CT molecular complexity index is 1330. The van der Waals surface area contributed by atoms with E-state index >= 15 is 0 Å². The molecule has 0 aliphatic carbocycles. The summed E-state index contributed by atoms with van der Waals surface area (Å²) in [5, 5.41) is 0.651. The number of carbonyl (C=O) groups excluding carboxylic acids is 2. The van der Waals surface area contributed by atoms with Gasteiger partial charge in [0.25, 0.3) is 0 Å². The number of furan rings is 1. The molecule has 1 heterocycles. The average Bonchev–Trinajstić information content (AvgIpc) is 3.14. The van der Waals surface area contributed by atoms with Gasteiger partial charge in [0.15, 0.2) is 5.78 Å². The zero-order chi connectivity index (χ0) is 23.4. The predicted molar refractivity (Wildman–Crippen MR) is 128 cm³/mol. The van der Waals surface area contributed by atoms with Gasteiger partial charge in [-0.15, -0.1) is 0 Å². The van der Waals surface area contributed by atoms with Crippen molar-refractivity contribution in [1.82, 2.24) is 0 Å². The van der Waals surface area contributed by atoms with Gasteiger partial charge in [0, 0.05) is 10.9 Å². The van der Waals surface area contributed by atoms with Crippen molar-refractivity contribution in [3.63, 3.8) is 0 Å². The Labute approximate surface area is 192 Å². The van der Waals surface area contributed by atoms with E-state index in [0.717, 1.165) is 11.1 Å². The van der Waals surface area contributed by atoms with Crippen molar-refractivity contribution in [2.24, 2.45) is 0 Å². The van der Waals surface area contributed by atoms with Crippen molar-refractivity contribution >= 4 is 28.8 Å². The van der Waals surface area contributed by atoms with E-state index in [1.165, 1.54) is 6.08 Å². The number of allylic oxidation sites excluding steroid dienone is 1. The molecule has 5 heteroatoms. The summed E-state index contributed by atoms with van der Waals surface area (Å²) >= 11 is 0. The van der Waals surface area contributed by atoms with E-state index in [4.69, 9.17) is 13.9 Å². The van der Waals surface area contributed by atoms with Crippen LogP contribution in [0.3, 0.4) is 0 Å². The third kappa shape index (κ3) is 5.04. The lowest BCUT2D eigenvalue weighted by atomic mass is 10.1. The fraction of sp³-hybridized carbons (Fsp3) is 0.143. The second-order valence-electron chi connectivity index (χ2n) is 7.65. The second kappa shape index (κ2) is 9.57. The summed E-state index contributed by atoms with van der Waals surface area (Å²) in [7, 11) is 0. The van der Waals surface area contributed by atoms with Crippen LogP contribution in [0.15, 0.2) is 77.2 Å². The lowest BCUT2D eigenvalue weighted by Gasteiger charge is -2.05. The summed E-state index contributed by atoms with van der Waals surface area (Å²) in [4.78, 5) is 25.2. The molecule has 0 atom stereocenters. The topological polar surface area (TPSA) is 65.7 Å². The number of benzene rings is 3.